The SMILES string of the molecule is CC(C)(O)c1ccc(C(=O)NCc2c(Cl)cccc2Cl)cc1N. The highest BCUT2D eigenvalue weighted by Gasteiger charge is 2.20. The fraction of sp³-hybridized carbons (Fsp3) is 0.235. The molecule has 0 aromatic heterocycles. The summed E-state index contributed by atoms with van der Waals surface area (Å²) < 4.78 is 0. The van der Waals surface area contributed by atoms with E-state index >= 15 is 0 Å². The Morgan fingerprint density at radius 2 is 1.83 bits per heavy atom. The molecule has 6 heteroatoms. The van der Waals surface area contributed by atoms with E-state index in [1.807, 2.05) is 0 Å². The van der Waals surface area contributed by atoms with E-state index in [0.29, 0.717) is 32.4 Å². The molecule has 1 amide bonds. The summed E-state index contributed by atoms with van der Waals surface area (Å²) in [6.07, 6.45) is 0. The second-order valence-corrected chi connectivity index (χ2v) is 6.56. The van der Waals surface area contributed by atoms with Crippen LogP contribution in [0, 0.1) is 0 Å². The first-order chi connectivity index (χ1) is 10.7. The molecule has 0 aliphatic heterocycles. The lowest BCUT2D eigenvalue weighted by Gasteiger charge is -2.20. The van der Waals surface area contributed by atoms with Crippen molar-refractivity contribution in [2.75, 3.05) is 5.73 Å². The molecule has 0 heterocycles. The molecule has 2 aromatic rings. The summed E-state index contributed by atoms with van der Waals surface area (Å²) in [4.78, 5) is 12.2. The Hall–Kier alpha value is -1.75. The van der Waals surface area contributed by atoms with Crippen molar-refractivity contribution in [3.05, 3.63) is 63.1 Å². The molecule has 2 rings (SSSR count). The number of nitrogen functional groups attached to an aromatic ring is 1. The Bertz CT molecular complexity index is 720. The number of hydrogen-bond donors (Lipinski definition) is 3. The van der Waals surface area contributed by atoms with Crippen LogP contribution < -0.4 is 11.1 Å². The fourth-order valence-electron chi connectivity index (χ4n) is 2.23. The summed E-state index contributed by atoms with van der Waals surface area (Å²) in [6.45, 7) is 3.49. The van der Waals surface area contributed by atoms with Gasteiger partial charge in [-0.3, -0.25) is 4.79 Å². The number of halogens is 2. The molecule has 0 atom stereocenters. The third-order valence-electron chi connectivity index (χ3n) is 3.46. The Labute approximate surface area is 145 Å². The second-order valence-electron chi connectivity index (χ2n) is 5.74. The summed E-state index contributed by atoms with van der Waals surface area (Å²) >= 11 is 12.1. The molecule has 4 nitrogen and oxygen atoms in total. The third-order valence-corrected chi connectivity index (χ3v) is 4.17. The lowest BCUT2D eigenvalue weighted by Crippen LogP contribution is -2.24. The van der Waals surface area contributed by atoms with Crippen LogP contribution in [0.5, 0.6) is 0 Å². The average molecular weight is 353 g/mol. The Kier molecular flexibility index (Phi) is 5.19. The zero-order valence-electron chi connectivity index (χ0n) is 12.9. The average Bonchev–Trinajstić information content (AvgIpc) is 2.45. The van der Waals surface area contributed by atoms with Gasteiger partial charge in [0.1, 0.15) is 0 Å². The highest BCUT2D eigenvalue weighted by atomic mass is 35.5. The minimum atomic E-state index is -1.07. The molecule has 4 N–H and O–H groups in total. The highest BCUT2D eigenvalue weighted by molar-refractivity contribution is 6.36. The van der Waals surface area contributed by atoms with Crippen molar-refractivity contribution in [2.24, 2.45) is 0 Å². The Morgan fingerprint density at radius 3 is 2.35 bits per heavy atom. The lowest BCUT2D eigenvalue weighted by molar-refractivity contribution is 0.0792. The summed E-state index contributed by atoms with van der Waals surface area (Å²) in [5.41, 5.74) is 6.85. The summed E-state index contributed by atoms with van der Waals surface area (Å²) in [6, 6.07) is 9.97. The highest BCUT2D eigenvalue weighted by Crippen LogP contribution is 2.27. The van der Waals surface area contributed by atoms with E-state index in [2.05, 4.69) is 5.32 Å². The van der Waals surface area contributed by atoms with Gasteiger partial charge in [0, 0.05) is 39.0 Å². The van der Waals surface area contributed by atoms with Crippen LogP contribution in [0.25, 0.3) is 0 Å². The summed E-state index contributed by atoms with van der Waals surface area (Å²) in [5.74, 6) is -0.296. The molecule has 122 valence electrons. The number of anilines is 1. The largest absolute Gasteiger partial charge is 0.398 e. The van der Waals surface area contributed by atoms with Crippen LogP contribution in [0.3, 0.4) is 0 Å². The maximum atomic E-state index is 12.2. The van der Waals surface area contributed by atoms with Gasteiger partial charge in [-0.2, -0.15) is 0 Å². The summed E-state index contributed by atoms with van der Waals surface area (Å²) in [7, 11) is 0. The van der Waals surface area contributed by atoms with Crippen molar-refractivity contribution in [3.8, 4) is 0 Å². The van der Waals surface area contributed by atoms with E-state index in [4.69, 9.17) is 28.9 Å². The molecule has 23 heavy (non-hydrogen) atoms. The van der Waals surface area contributed by atoms with E-state index in [9.17, 15) is 9.90 Å². The number of hydrogen-bond acceptors (Lipinski definition) is 3. The van der Waals surface area contributed by atoms with Gasteiger partial charge in [0.05, 0.1) is 5.60 Å². The fourth-order valence-corrected chi connectivity index (χ4v) is 2.76. The maximum absolute atomic E-state index is 12.2. The molecule has 0 spiro atoms. The maximum Gasteiger partial charge on any atom is 0.251 e. The molecular weight excluding hydrogens is 335 g/mol. The molecule has 0 radical (unpaired) electrons. The van der Waals surface area contributed by atoms with Crippen molar-refractivity contribution in [1.29, 1.82) is 0 Å². The van der Waals surface area contributed by atoms with E-state index < -0.39 is 5.60 Å². The third kappa shape index (κ3) is 4.16. The minimum Gasteiger partial charge on any atom is -0.398 e. The van der Waals surface area contributed by atoms with Gasteiger partial charge in [0.2, 0.25) is 0 Å². The topological polar surface area (TPSA) is 75.3 Å². The molecule has 0 fully saturated rings. The number of amides is 1. The number of rotatable bonds is 4. The van der Waals surface area contributed by atoms with Crippen molar-refractivity contribution in [1.82, 2.24) is 5.32 Å². The molecule has 2 aromatic carbocycles. The zero-order valence-corrected chi connectivity index (χ0v) is 14.4. The van der Waals surface area contributed by atoms with Gasteiger partial charge in [-0.25, -0.2) is 0 Å². The molecule has 0 saturated heterocycles. The molecule has 0 aliphatic rings. The normalized spacial score (nSPS) is 11.3. The van der Waals surface area contributed by atoms with Crippen LogP contribution in [-0.4, -0.2) is 11.0 Å². The predicted octanol–water partition coefficient (Wildman–Crippen LogP) is 3.73. The zero-order chi connectivity index (χ0) is 17.2. The number of carbonyl (C=O) groups excluding carboxylic acids is 1. The minimum absolute atomic E-state index is 0.213. The second kappa shape index (κ2) is 6.79. The first kappa shape index (κ1) is 17.6. The van der Waals surface area contributed by atoms with Gasteiger partial charge in [-0.15, -0.1) is 0 Å². The van der Waals surface area contributed by atoms with Gasteiger partial charge in [-0.05, 0) is 38.1 Å². The van der Waals surface area contributed by atoms with Crippen molar-refractivity contribution < 1.29 is 9.90 Å². The standard InChI is InChI=1S/C17H18Cl2N2O2/c1-17(2,23)12-7-6-10(8-15(12)20)16(22)21-9-11-13(18)4-3-5-14(11)19/h3-8,23H,9,20H2,1-2H3,(H,21,22). The monoisotopic (exact) mass is 352 g/mol. The van der Waals surface area contributed by atoms with E-state index in [1.54, 1.807) is 44.2 Å². The Balaban J connectivity index is 2.14. The molecular formula is C17H18Cl2N2O2. The van der Waals surface area contributed by atoms with Crippen LogP contribution in [0.4, 0.5) is 5.69 Å². The Morgan fingerprint density at radius 1 is 1.22 bits per heavy atom. The van der Waals surface area contributed by atoms with Crippen molar-refractivity contribution in [3.63, 3.8) is 0 Å². The van der Waals surface area contributed by atoms with Gasteiger partial charge < -0.3 is 16.2 Å². The number of carbonyl (C=O) groups is 1. The molecule has 0 unspecified atom stereocenters. The number of nitrogens with one attached hydrogen (secondary N) is 1. The number of benzene rings is 2. The van der Waals surface area contributed by atoms with Crippen molar-refractivity contribution in [2.45, 2.75) is 26.0 Å². The number of nitrogens with two attached hydrogens (primary N) is 1. The van der Waals surface area contributed by atoms with E-state index in [1.165, 1.54) is 6.07 Å². The van der Waals surface area contributed by atoms with Crippen molar-refractivity contribution >= 4 is 34.8 Å². The van der Waals surface area contributed by atoms with Crippen LogP contribution >= 0.6 is 23.2 Å². The number of aliphatic hydroxyl groups is 1. The summed E-state index contributed by atoms with van der Waals surface area (Å²) in [5, 5.41) is 13.7. The van der Waals surface area contributed by atoms with Gasteiger partial charge in [-0.1, -0.05) is 35.3 Å². The van der Waals surface area contributed by atoms with Gasteiger partial charge in [0.25, 0.3) is 5.91 Å². The molecule has 0 saturated carbocycles. The molecule has 0 bridgehead atoms. The quantitative estimate of drug-likeness (QED) is 0.733. The van der Waals surface area contributed by atoms with E-state index in [0.717, 1.165) is 0 Å². The predicted molar refractivity (Wildman–Crippen MR) is 93.7 cm³/mol. The van der Waals surface area contributed by atoms with Crippen LogP contribution in [-0.2, 0) is 12.1 Å². The van der Waals surface area contributed by atoms with Gasteiger partial charge >= 0.3 is 0 Å². The first-order valence-electron chi connectivity index (χ1n) is 7.03. The smallest absolute Gasteiger partial charge is 0.251 e. The van der Waals surface area contributed by atoms with Crippen LogP contribution in [0.2, 0.25) is 10.0 Å². The lowest BCUT2D eigenvalue weighted by atomic mass is 9.95. The van der Waals surface area contributed by atoms with Crippen LogP contribution in [0.1, 0.15) is 35.3 Å². The van der Waals surface area contributed by atoms with Gasteiger partial charge in [0.15, 0.2) is 0 Å². The molecule has 0 aliphatic carbocycles. The van der Waals surface area contributed by atoms with Crippen LogP contribution in [0.15, 0.2) is 36.4 Å². The first-order valence-corrected chi connectivity index (χ1v) is 7.79. The van der Waals surface area contributed by atoms with E-state index in [-0.39, 0.29) is 12.5 Å².